The zero-order valence-electron chi connectivity index (χ0n) is 16.8. The molecule has 154 valence electrons. The number of nitrogens with zero attached hydrogens (tertiary/aromatic N) is 3. The number of halogens is 1. The predicted octanol–water partition coefficient (Wildman–Crippen LogP) is 3.23. The zero-order chi connectivity index (χ0) is 20.8. The van der Waals surface area contributed by atoms with E-state index in [1.807, 2.05) is 17.0 Å². The maximum absolute atomic E-state index is 13.2. The van der Waals surface area contributed by atoms with Gasteiger partial charge in [0.25, 0.3) is 5.91 Å². The summed E-state index contributed by atoms with van der Waals surface area (Å²) in [6.45, 7) is 6.88. The Morgan fingerprint density at radius 1 is 1.03 bits per heavy atom. The Labute approximate surface area is 176 Å². The summed E-state index contributed by atoms with van der Waals surface area (Å²) in [5.74, 6) is 0.0130. The lowest BCUT2D eigenvalue weighted by molar-refractivity contribution is -0.134. The third-order valence-electron chi connectivity index (χ3n) is 5.04. The van der Waals surface area contributed by atoms with Crippen LogP contribution in [0.15, 0.2) is 48.8 Å². The molecule has 1 aromatic heterocycles. The Balaban J connectivity index is 1.63. The van der Waals surface area contributed by atoms with Gasteiger partial charge in [0.2, 0.25) is 5.91 Å². The second-order valence-corrected chi connectivity index (χ2v) is 8.12. The number of carbonyl (C=O) groups excluding carboxylic acids is 2. The number of nitrogens with one attached hydrogen (secondary N) is 1. The van der Waals surface area contributed by atoms with Gasteiger partial charge in [0, 0.05) is 54.8 Å². The van der Waals surface area contributed by atoms with Gasteiger partial charge >= 0.3 is 0 Å². The van der Waals surface area contributed by atoms with E-state index in [1.165, 1.54) is 0 Å². The van der Waals surface area contributed by atoms with E-state index in [0.717, 1.165) is 18.8 Å². The van der Waals surface area contributed by atoms with Crippen molar-refractivity contribution in [2.75, 3.05) is 31.1 Å². The van der Waals surface area contributed by atoms with Crippen LogP contribution in [0.4, 0.5) is 5.69 Å². The molecule has 2 amide bonds. The maximum Gasteiger partial charge on any atom is 0.251 e. The summed E-state index contributed by atoms with van der Waals surface area (Å²) in [6.07, 6.45) is 4.15. The molecule has 1 fully saturated rings. The molecular weight excluding hydrogens is 388 g/mol. The minimum absolute atomic E-state index is 0.0182. The number of anilines is 1. The van der Waals surface area contributed by atoms with E-state index >= 15 is 0 Å². The standard InChI is InChI=1S/C22H27ClN4O2/c1-16(2)15-20(25-21(28)17-3-5-18(23)6-4-17)22(29)27-13-11-26(12-14-27)19-7-9-24-10-8-19/h3-10,16,20H,11-15H2,1-2H3,(H,25,28)/t20-/m1/s1. The molecule has 1 atom stereocenters. The predicted molar refractivity (Wildman–Crippen MR) is 115 cm³/mol. The first-order chi connectivity index (χ1) is 13.9. The van der Waals surface area contributed by atoms with Crippen LogP contribution in [0.25, 0.3) is 0 Å². The van der Waals surface area contributed by atoms with Gasteiger partial charge in [0.15, 0.2) is 0 Å². The molecule has 29 heavy (non-hydrogen) atoms. The van der Waals surface area contributed by atoms with E-state index in [4.69, 9.17) is 11.6 Å². The van der Waals surface area contributed by atoms with Crippen molar-refractivity contribution in [2.24, 2.45) is 5.92 Å². The van der Waals surface area contributed by atoms with E-state index in [-0.39, 0.29) is 17.7 Å². The number of carbonyl (C=O) groups is 2. The summed E-state index contributed by atoms with van der Waals surface area (Å²) in [6, 6.07) is 10.1. The third kappa shape index (κ3) is 5.70. The molecule has 1 aliphatic rings. The number of benzene rings is 1. The topological polar surface area (TPSA) is 65.5 Å². The zero-order valence-corrected chi connectivity index (χ0v) is 17.6. The summed E-state index contributed by atoms with van der Waals surface area (Å²) in [7, 11) is 0. The Morgan fingerprint density at radius 3 is 2.24 bits per heavy atom. The normalized spacial score (nSPS) is 15.3. The smallest absolute Gasteiger partial charge is 0.251 e. The van der Waals surface area contributed by atoms with Crippen molar-refractivity contribution in [2.45, 2.75) is 26.3 Å². The van der Waals surface area contributed by atoms with Gasteiger partial charge in [-0.05, 0) is 48.7 Å². The number of amides is 2. The summed E-state index contributed by atoms with van der Waals surface area (Å²) < 4.78 is 0. The van der Waals surface area contributed by atoms with Crippen molar-refractivity contribution in [1.82, 2.24) is 15.2 Å². The Morgan fingerprint density at radius 2 is 1.66 bits per heavy atom. The molecule has 2 aromatic rings. The highest BCUT2D eigenvalue weighted by molar-refractivity contribution is 6.30. The van der Waals surface area contributed by atoms with Gasteiger partial charge in [-0.15, -0.1) is 0 Å². The molecule has 1 aliphatic heterocycles. The fourth-order valence-electron chi connectivity index (χ4n) is 3.50. The lowest BCUT2D eigenvalue weighted by atomic mass is 10.0. The largest absolute Gasteiger partial charge is 0.368 e. The summed E-state index contributed by atoms with van der Waals surface area (Å²) in [4.78, 5) is 33.9. The Bertz CT molecular complexity index is 818. The Hall–Kier alpha value is -2.60. The molecule has 0 aliphatic carbocycles. The van der Waals surface area contributed by atoms with Crippen molar-refractivity contribution >= 4 is 29.1 Å². The molecule has 0 saturated carbocycles. The van der Waals surface area contributed by atoms with E-state index in [0.29, 0.717) is 30.1 Å². The number of aromatic nitrogens is 1. The maximum atomic E-state index is 13.2. The van der Waals surface area contributed by atoms with Gasteiger partial charge in [-0.25, -0.2) is 0 Å². The quantitative estimate of drug-likeness (QED) is 0.788. The minimum Gasteiger partial charge on any atom is -0.368 e. The summed E-state index contributed by atoms with van der Waals surface area (Å²) >= 11 is 5.90. The van der Waals surface area contributed by atoms with Gasteiger partial charge in [-0.1, -0.05) is 25.4 Å². The number of rotatable bonds is 6. The molecule has 0 bridgehead atoms. The van der Waals surface area contributed by atoms with Crippen molar-refractivity contribution in [3.8, 4) is 0 Å². The molecule has 0 unspecified atom stereocenters. The molecule has 0 radical (unpaired) electrons. The average Bonchev–Trinajstić information content (AvgIpc) is 2.73. The van der Waals surface area contributed by atoms with Gasteiger partial charge in [0.05, 0.1) is 0 Å². The molecule has 1 N–H and O–H groups in total. The van der Waals surface area contributed by atoms with Crippen molar-refractivity contribution < 1.29 is 9.59 Å². The lowest BCUT2D eigenvalue weighted by Gasteiger charge is -2.37. The number of hydrogen-bond donors (Lipinski definition) is 1. The molecule has 0 spiro atoms. The van der Waals surface area contributed by atoms with Crippen LogP contribution < -0.4 is 10.2 Å². The van der Waals surface area contributed by atoms with Crippen molar-refractivity contribution in [3.05, 3.63) is 59.4 Å². The highest BCUT2D eigenvalue weighted by Crippen LogP contribution is 2.17. The van der Waals surface area contributed by atoms with E-state index in [1.54, 1.807) is 36.7 Å². The summed E-state index contributed by atoms with van der Waals surface area (Å²) in [5, 5.41) is 3.50. The molecule has 1 saturated heterocycles. The molecule has 2 heterocycles. The highest BCUT2D eigenvalue weighted by Gasteiger charge is 2.29. The average molecular weight is 415 g/mol. The monoisotopic (exact) mass is 414 g/mol. The third-order valence-corrected chi connectivity index (χ3v) is 5.29. The highest BCUT2D eigenvalue weighted by atomic mass is 35.5. The van der Waals surface area contributed by atoms with Crippen molar-refractivity contribution in [1.29, 1.82) is 0 Å². The molecule has 1 aromatic carbocycles. The van der Waals surface area contributed by atoms with Crippen LogP contribution in [0.1, 0.15) is 30.6 Å². The van der Waals surface area contributed by atoms with E-state index in [9.17, 15) is 9.59 Å². The number of piperazine rings is 1. The lowest BCUT2D eigenvalue weighted by Crippen LogP contribution is -2.55. The first kappa shape index (κ1) is 21.1. The fourth-order valence-corrected chi connectivity index (χ4v) is 3.62. The van der Waals surface area contributed by atoms with E-state index in [2.05, 4.69) is 29.0 Å². The van der Waals surface area contributed by atoms with Crippen LogP contribution in [0, 0.1) is 5.92 Å². The van der Waals surface area contributed by atoms with Crippen LogP contribution in [-0.2, 0) is 4.79 Å². The Kier molecular flexibility index (Phi) is 7.09. The second-order valence-electron chi connectivity index (χ2n) is 7.68. The molecule has 6 nitrogen and oxygen atoms in total. The van der Waals surface area contributed by atoms with Crippen LogP contribution in [-0.4, -0.2) is 53.9 Å². The van der Waals surface area contributed by atoms with Gasteiger partial charge < -0.3 is 15.1 Å². The molecular formula is C22H27ClN4O2. The molecule has 7 heteroatoms. The minimum atomic E-state index is -0.536. The van der Waals surface area contributed by atoms with E-state index < -0.39 is 6.04 Å². The summed E-state index contributed by atoms with van der Waals surface area (Å²) in [5.41, 5.74) is 1.61. The number of pyridine rings is 1. The van der Waals surface area contributed by atoms with Gasteiger partial charge in [-0.2, -0.15) is 0 Å². The first-order valence-corrected chi connectivity index (χ1v) is 10.3. The van der Waals surface area contributed by atoms with Crippen LogP contribution in [0.3, 0.4) is 0 Å². The fraction of sp³-hybridized carbons (Fsp3) is 0.409. The first-order valence-electron chi connectivity index (χ1n) is 9.94. The van der Waals surface area contributed by atoms with Gasteiger partial charge in [0.1, 0.15) is 6.04 Å². The van der Waals surface area contributed by atoms with Crippen LogP contribution in [0.5, 0.6) is 0 Å². The number of hydrogen-bond acceptors (Lipinski definition) is 4. The van der Waals surface area contributed by atoms with Crippen LogP contribution in [0.2, 0.25) is 5.02 Å². The second kappa shape index (κ2) is 9.74. The van der Waals surface area contributed by atoms with Gasteiger partial charge in [-0.3, -0.25) is 14.6 Å². The van der Waals surface area contributed by atoms with Crippen molar-refractivity contribution in [3.63, 3.8) is 0 Å². The molecule has 3 rings (SSSR count). The van der Waals surface area contributed by atoms with Crippen LogP contribution >= 0.6 is 11.6 Å². The SMILES string of the molecule is CC(C)C[C@@H](NC(=O)c1ccc(Cl)cc1)C(=O)N1CCN(c2ccncc2)CC1.